The van der Waals surface area contributed by atoms with Gasteiger partial charge in [-0.05, 0) is 18.6 Å². The van der Waals surface area contributed by atoms with E-state index in [2.05, 4.69) is 4.57 Å². The van der Waals surface area contributed by atoms with Crippen LogP contribution in [-0.4, -0.2) is 60.5 Å². The van der Waals surface area contributed by atoms with Gasteiger partial charge >= 0.3 is 0 Å². The molecular weight excluding hydrogens is 278 g/mol. The van der Waals surface area contributed by atoms with Gasteiger partial charge in [-0.3, -0.25) is 4.79 Å². The third kappa shape index (κ3) is 4.08. The summed E-state index contributed by atoms with van der Waals surface area (Å²) in [4.78, 5) is 13.8. The minimum absolute atomic E-state index is 0.116. The smallest absolute Gasteiger partial charge is 0.222 e. The maximum atomic E-state index is 12.0. The monoisotopic (exact) mass is 299 g/mol. The Kier molecular flexibility index (Phi) is 4.82. The summed E-state index contributed by atoms with van der Waals surface area (Å²) in [6.45, 7) is 2.64. The van der Waals surface area contributed by atoms with Crippen LogP contribution < -0.4 is 0 Å². The summed E-state index contributed by atoms with van der Waals surface area (Å²) < 4.78 is 26.2. The Morgan fingerprint density at radius 1 is 1.10 bits per heavy atom. The molecule has 1 aliphatic heterocycles. The van der Waals surface area contributed by atoms with Crippen LogP contribution in [0.25, 0.3) is 0 Å². The number of aromatic nitrogens is 1. The number of hydrogen-bond donors (Lipinski definition) is 0. The fraction of sp³-hybridized carbons (Fsp3) is 0.615. The number of carbonyl (C=O) groups excluding carboxylic acids is 1. The largest absolute Gasteiger partial charge is 0.354 e. The van der Waals surface area contributed by atoms with Gasteiger partial charge < -0.3 is 9.47 Å². The van der Waals surface area contributed by atoms with Crippen LogP contribution >= 0.6 is 0 Å². The Bertz CT molecular complexity index is 531. The zero-order valence-electron chi connectivity index (χ0n) is 11.7. The van der Waals surface area contributed by atoms with Crippen LogP contribution in [0.1, 0.15) is 12.8 Å². The number of aryl methyl sites for hydroxylation is 1. The molecule has 20 heavy (non-hydrogen) atoms. The maximum absolute atomic E-state index is 12.0. The van der Waals surface area contributed by atoms with Gasteiger partial charge in [0.15, 0.2) is 0 Å². The molecular formula is C13H21N3O3S. The molecule has 1 amide bonds. The Hall–Kier alpha value is -1.34. The lowest BCUT2D eigenvalue weighted by Gasteiger charge is -2.33. The van der Waals surface area contributed by atoms with Crippen molar-refractivity contribution < 1.29 is 13.2 Å². The topological polar surface area (TPSA) is 62.6 Å². The fourth-order valence-electron chi connectivity index (χ4n) is 2.36. The second-order valence-corrected chi connectivity index (χ2v) is 7.05. The van der Waals surface area contributed by atoms with Crippen LogP contribution in [0.4, 0.5) is 0 Å². The summed E-state index contributed by atoms with van der Waals surface area (Å²) in [5, 5.41) is 0. The van der Waals surface area contributed by atoms with E-state index in [0.29, 0.717) is 32.6 Å². The zero-order valence-corrected chi connectivity index (χ0v) is 12.6. The van der Waals surface area contributed by atoms with Crippen LogP contribution in [0.2, 0.25) is 0 Å². The van der Waals surface area contributed by atoms with Crippen molar-refractivity contribution in [3.8, 4) is 0 Å². The van der Waals surface area contributed by atoms with Gasteiger partial charge in [0.05, 0.1) is 6.26 Å². The first-order valence-corrected chi connectivity index (χ1v) is 8.65. The molecule has 1 aromatic rings. The van der Waals surface area contributed by atoms with Crippen molar-refractivity contribution in [2.24, 2.45) is 0 Å². The normalized spacial score (nSPS) is 17.4. The van der Waals surface area contributed by atoms with Crippen LogP contribution in [0.15, 0.2) is 24.5 Å². The molecule has 1 fully saturated rings. The molecule has 0 radical (unpaired) electrons. The molecule has 2 heterocycles. The average Bonchev–Trinajstić information content (AvgIpc) is 2.91. The second kappa shape index (κ2) is 6.41. The number of piperazine rings is 1. The number of hydrogen-bond acceptors (Lipinski definition) is 3. The van der Waals surface area contributed by atoms with E-state index in [1.165, 1.54) is 10.6 Å². The first-order valence-electron chi connectivity index (χ1n) is 6.80. The molecule has 0 spiro atoms. The summed E-state index contributed by atoms with van der Waals surface area (Å²) in [6, 6.07) is 3.93. The van der Waals surface area contributed by atoms with Crippen molar-refractivity contribution in [2.45, 2.75) is 19.4 Å². The Balaban J connectivity index is 1.72. The quantitative estimate of drug-likeness (QED) is 0.789. The van der Waals surface area contributed by atoms with E-state index in [1.54, 1.807) is 4.90 Å². The van der Waals surface area contributed by atoms with Crippen molar-refractivity contribution >= 4 is 15.9 Å². The highest BCUT2D eigenvalue weighted by Gasteiger charge is 2.25. The van der Waals surface area contributed by atoms with Gasteiger partial charge in [-0.2, -0.15) is 4.31 Å². The molecule has 0 atom stereocenters. The molecule has 0 aromatic carbocycles. The molecule has 6 nitrogen and oxygen atoms in total. The Morgan fingerprint density at radius 3 is 2.25 bits per heavy atom. The van der Waals surface area contributed by atoms with E-state index >= 15 is 0 Å². The first kappa shape index (κ1) is 15.1. The lowest BCUT2D eigenvalue weighted by molar-refractivity contribution is -0.132. The van der Waals surface area contributed by atoms with Gasteiger partial charge in [0, 0.05) is 51.5 Å². The number of amides is 1. The average molecular weight is 299 g/mol. The third-order valence-electron chi connectivity index (χ3n) is 3.53. The Morgan fingerprint density at radius 2 is 1.70 bits per heavy atom. The number of carbonyl (C=O) groups is 1. The van der Waals surface area contributed by atoms with Crippen molar-refractivity contribution in [3.63, 3.8) is 0 Å². The minimum atomic E-state index is -3.13. The molecule has 1 aliphatic rings. The van der Waals surface area contributed by atoms with E-state index < -0.39 is 10.0 Å². The molecule has 2 rings (SSSR count). The van der Waals surface area contributed by atoms with Gasteiger partial charge in [-0.25, -0.2) is 8.42 Å². The number of sulfonamides is 1. The molecule has 0 unspecified atom stereocenters. The summed E-state index contributed by atoms with van der Waals surface area (Å²) in [5.41, 5.74) is 0. The van der Waals surface area contributed by atoms with Crippen molar-refractivity contribution in [3.05, 3.63) is 24.5 Å². The van der Waals surface area contributed by atoms with E-state index in [9.17, 15) is 13.2 Å². The molecule has 112 valence electrons. The van der Waals surface area contributed by atoms with Crippen LogP contribution in [0.5, 0.6) is 0 Å². The molecule has 0 aliphatic carbocycles. The standard InChI is InChI=1S/C13H21N3O3S/c1-20(18,19)16-11-9-15(10-12-16)13(17)5-4-8-14-6-2-3-7-14/h2-3,6-7H,4-5,8-12H2,1H3. The lowest BCUT2D eigenvalue weighted by Crippen LogP contribution is -2.50. The second-order valence-electron chi connectivity index (χ2n) is 5.07. The third-order valence-corrected chi connectivity index (χ3v) is 4.84. The molecule has 1 saturated heterocycles. The van der Waals surface area contributed by atoms with Gasteiger partial charge in [0.2, 0.25) is 15.9 Å². The van der Waals surface area contributed by atoms with Gasteiger partial charge in [-0.15, -0.1) is 0 Å². The van der Waals surface area contributed by atoms with Crippen LogP contribution in [0.3, 0.4) is 0 Å². The van der Waals surface area contributed by atoms with Crippen molar-refractivity contribution in [1.82, 2.24) is 13.8 Å². The van der Waals surface area contributed by atoms with Gasteiger partial charge in [0.1, 0.15) is 0 Å². The molecule has 0 bridgehead atoms. The highest BCUT2D eigenvalue weighted by atomic mass is 32.2. The maximum Gasteiger partial charge on any atom is 0.222 e. The van der Waals surface area contributed by atoms with Gasteiger partial charge in [-0.1, -0.05) is 0 Å². The van der Waals surface area contributed by atoms with Gasteiger partial charge in [0.25, 0.3) is 0 Å². The number of rotatable bonds is 5. The number of nitrogens with zero attached hydrogens (tertiary/aromatic N) is 3. The molecule has 0 N–H and O–H groups in total. The van der Waals surface area contributed by atoms with Crippen LogP contribution in [0, 0.1) is 0 Å². The summed E-state index contributed by atoms with van der Waals surface area (Å²) >= 11 is 0. The van der Waals surface area contributed by atoms with E-state index in [4.69, 9.17) is 0 Å². The molecule has 7 heteroatoms. The fourth-order valence-corrected chi connectivity index (χ4v) is 3.19. The highest BCUT2D eigenvalue weighted by molar-refractivity contribution is 7.88. The van der Waals surface area contributed by atoms with E-state index in [1.807, 2.05) is 24.5 Å². The predicted molar refractivity (Wildman–Crippen MR) is 76.7 cm³/mol. The SMILES string of the molecule is CS(=O)(=O)N1CCN(C(=O)CCCn2cccc2)CC1. The highest BCUT2D eigenvalue weighted by Crippen LogP contribution is 2.08. The predicted octanol–water partition coefficient (Wildman–Crippen LogP) is 0.372. The van der Waals surface area contributed by atoms with E-state index in [-0.39, 0.29) is 5.91 Å². The summed E-state index contributed by atoms with van der Waals surface area (Å²) in [6.07, 6.45) is 6.49. The van der Waals surface area contributed by atoms with Crippen molar-refractivity contribution in [1.29, 1.82) is 0 Å². The van der Waals surface area contributed by atoms with Crippen LogP contribution in [-0.2, 0) is 21.4 Å². The minimum Gasteiger partial charge on any atom is -0.354 e. The summed E-state index contributed by atoms with van der Waals surface area (Å²) in [5.74, 6) is 0.116. The first-order chi connectivity index (χ1) is 9.47. The van der Waals surface area contributed by atoms with E-state index in [0.717, 1.165) is 13.0 Å². The molecule has 1 aromatic heterocycles. The Labute approximate surface area is 120 Å². The summed E-state index contributed by atoms with van der Waals surface area (Å²) in [7, 11) is -3.13. The zero-order chi connectivity index (χ0) is 14.6. The van der Waals surface area contributed by atoms with Crippen molar-refractivity contribution in [2.75, 3.05) is 32.4 Å². The lowest BCUT2D eigenvalue weighted by atomic mass is 10.2. The molecule has 0 saturated carbocycles.